The Labute approximate surface area is 187 Å². The Morgan fingerprint density at radius 2 is 1.23 bits per heavy atom. The van der Waals surface area contributed by atoms with Gasteiger partial charge in [-0.3, -0.25) is 4.90 Å². The Hall–Kier alpha value is -2.70. The van der Waals surface area contributed by atoms with Crippen LogP contribution in [-0.2, 0) is 18.5 Å². The second-order valence-corrected chi connectivity index (χ2v) is 9.12. The third-order valence-electron chi connectivity index (χ3n) is 6.19. The highest BCUT2D eigenvalue weighted by atomic mass is 32.1. The Bertz CT molecular complexity index is 1050. The highest BCUT2D eigenvalue weighted by molar-refractivity contribution is 7.22. The average Bonchev–Trinajstić information content (AvgIpc) is 3.26. The van der Waals surface area contributed by atoms with Gasteiger partial charge in [0, 0.05) is 22.7 Å². The third-order valence-corrected chi connectivity index (χ3v) is 7.47. The zero-order valence-corrected chi connectivity index (χ0v) is 18.0. The molecule has 0 bridgehead atoms. The van der Waals surface area contributed by atoms with Crippen LogP contribution in [0.4, 0.5) is 0 Å². The van der Waals surface area contributed by atoms with Crippen LogP contribution in [0.15, 0.2) is 97.1 Å². The van der Waals surface area contributed by atoms with Crippen molar-refractivity contribution in [2.75, 3.05) is 6.54 Å². The van der Waals surface area contributed by atoms with E-state index in [2.05, 4.69) is 95.9 Å². The molecule has 1 aliphatic rings. The second kappa shape index (κ2) is 8.44. The van der Waals surface area contributed by atoms with Crippen LogP contribution in [0.25, 0.3) is 0 Å². The highest BCUT2D eigenvalue weighted by Gasteiger charge is 2.43. The lowest BCUT2D eigenvalue weighted by Gasteiger charge is -2.47. The van der Waals surface area contributed by atoms with Crippen molar-refractivity contribution in [1.29, 1.82) is 0 Å². The zero-order chi connectivity index (χ0) is 21.3. The molecule has 0 spiro atoms. The molecule has 0 aliphatic carbocycles. The summed E-state index contributed by atoms with van der Waals surface area (Å²) in [6.45, 7) is 1.63. The van der Waals surface area contributed by atoms with E-state index in [9.17, 15) is 10.0 Å². The van der Waals surface area contributed by atoms with Gasteiger partial charge in [0.15, 0.2) is 0 Å². The number of nitrogens with zero attached hydrogens (tertiary/aromatic N) is 1. The van der Waals surface area contributed by atoms with Crippen molar-refractivity contribution in [3.8, 4) is 0 Å². The van der Waals surface area contributed by atoms with Gasteiger partial charge in [-0.05, 0) is 34.7 Å². The molecule has 0 saturated carbocycles. The highest BCUT2D eigenvalue weighted by Crippen LogP contribution is 2.44. The molecule has 4 aromatic rings. The lowest BCUT2D eigenvalue weighted by atomic mass is 9.74. The van der Waals surface area contributed by atoms with Gasteiger partial charge in [-0.2, -0.15) is 0 Å². The molecule has 0 atom stereocenters. The topological polar surface area (TPSA) is 43.7 Å². The predicted octanol–water partition coefficient (Wildman–Crippen LogP) is 3.78. The number of benzene rings is 3. The van der Waals surface area contributed by atoms with Crippen LogP contribution in [0.1, 0.15) is 27.1 Å². The molecular formula is C26H24BNO2S. The van der Waals surface area contributed by atoms with Crippen molar-refractivity contribution in [3.63, 3.8) is 0 Å². The molecule has 0 unspecified atom stereocenters. The third kappa shape index (κ3) is 3.54. The summed E-state index contributed by atoms with van der Waals surface area (Å²) in [7, 11) is -1.41. The van der Waals surface area contributed by atoms with Gasteiger partial charge in [-0.15, -0.1) is 11.3 Å². The fourth-order valence-corrected chi connectivity index (χ4v) is 5.89. The SMILES string of the molecule is OB(O)c1cc2c(s1)CCN(C(c1ccccc1)(c1ccccc1)c1ccccc1)C2. The predicted molar refractivity (Wildman–Crippen MR) is 127 cm³/mol. The first kappa shape index (κ1) is 20.2. The molecule has 1 aliphatic heterocycles. The van der Waals surface area contributed by atoms with Crippen LogP contribution in [0.5, 0.6) is 0 Å². The molecule has 5 heteroatoms. The van der Waals surface area contributed by atoms with Gasteiger partial charge in [-0.25, -0.2) is 0 Å². The van der Waals surface area contributed by atoms with Crippen molar-refractivity contribution in [1.82, 2.24) is 4.90 Å². The smallest absolute Gasteiger partial charge is 0.423 e. The lowest BCUT2D eigenvalue weighted by molar-refractivity contribution is 0.141. The van der Waals surface area contributed by atoms with Crippen molar-refractivity contribution in [2.45, 2.75) is 18.5 Å². The van der Waals surface area contributed by atoms with Crippen molar-refractivity contribution in [3.05, 3.63) is 124 Å². The van der Waals surface area contributed by atoms with Crippen LogP contribution in [0, 0.1) is 0 Å². The molecule has 3 aromatic carbocycles. The fraction of sp³-hybridized carbons (Fsp3) is 0.154. The summed E-state index contributed by atoms with van der Waals surface area (Å²) in [5, 5.41) is 19.4. The summed E-state index contributed by atoms with van der Waals surface area (Å²) in [6.07, 6.45) is 0.890. The Morgan fingerprint density at radius 1 is 0.742 bits per heavy atom. The molecule has 2 N–H and O–H groups in total. The summed E-state index contributed by atoms with van der Waals surface area (Å²) >= 11 is 1.52. The second-order valence-electron chi connectivity index (χ2n) is 7.95. The standard InChI is InChI=1S/C26H24BNO2S/c29-27(30)25-18-20-19-28(17-16-24(20)31-25)26(21-10-4-1-5-11-21,22-12-6-2-7-13-22)23-14-8-3-9-15-23/h1-15,18,29-30H,16-17,19H2. The lowest BCUT2D eigenvalue weighted by Crippen LogP contribution is -2.49. The van der Waals surface area contributed by atoms with Gasteiger partial charge in [0.2, 0.25) is 0 Å². The number of hydrogen-bond acceptors (Lipinski definition) is 4. The first-order valence-corrected chi connectivity index (χ1v) is 11.4. The maximum atomic E-state index is 9.69. The van der Waals surface area contributed by atoms with E-state index in [4.69, 9.17) is 0 Å². The molecule has 2 heterocycles. The summed E-state index contributed by atoms with van der Waals surface area (Å²) in [5.41, 5.74) is 4.43. The summed E-state index contributed by atoms with van der Waals surface area (Å²) in [5.74, 6) is 0. The van der Waals surface area contributed by atoms with Crippen LogP contribution in [-0.4, -0.2) is 28.6 Å². The number of thiophene rings is 1. The van der Waals surface area contributed by atoms with Gasteiger partial charge in [0.25, 0.3) is 0 Å². The quantitative estimate of drug-likeness (QED) is 0.378. The molecule has 0 saturated heterocycles. The molecule has 0 fully saturated rings. The van der Waals surface area contributed by atoms with Crippen molar-refractivity contribution < 1.29 is 10.0 Å². The van der Waals surface area contributed by atoms with E-state index in [1.807, 2.05) is 6.07 Å². The average molecular weight is 425 g/mol. The molecule has 154 valence electrons. The molecule has 1 aromatic heterocycles. The maximum Gasteiger partial charge on any atom is 0.499 e. The molecule has 0 amide bonds. The van der Waals surface area contributed by atoms with Crippen LogP contribution in [0.3, 0.4) is 0 Å². The minimum atomic E-state index is -1.41. The Kier molecular flexibility index (Phi) is 5.51. The van der Waals surface area contributed by atoms with E-state index < -0.39 is 12.7 Å². The van der Waals surface area contributed by atoms with Crippen LogP contribution >= 0.6 is 11.3 Å². The van der Waals surface area contributed by atoms with E-state index in [-0.39, 0.29) is 0 Å². The van der Waals surface area contributed by atoms with Gasteiger partial charge in [0.05, 0.1) is 5.54 Å². The van der Waals surface area contributed by atoms with Crippen LogP contribution in [0.2, 0.25) is 0 Å². The largest absolute Gasteiger partial charge is 0.499 e. The van der Waals surface area contributed by atoms with Gasteiger partial charge < -0.3 is 10.0 Å². The molecule has 0 radical (unpaired) electrons. The number of hydrogen-bond donors (Lipinski definition) is 2. The minimum absolute atomic E-state index is 0.443. The van der Waals surface area contributed by atoms with E-state index in [0.717, 1.165) is 19.5 Å². The Balaban J connectivity index is 1.72. The van der Waals surface area contributed by atoms with E-state index in [1.54, 1.807) is 0 Å². The van der Waals surface area contributed by atoms with Gasteiger partial charge in [-0.1, -0.05) is 91.0 Å². The first-order chi connectivity index (χ1) is 15.2. The molecule has 31 heavy (non-hydrogen) atoms. The van der Waals surface area contributed by atoms with E-state index in [0.29, 0.717) is 4.78 Å². The maximum absolute atomic E-state index is 9.69. The van der Waals surface area contributed by atoms with E-state index >= 15 is 0 Å². The summed E-state index contributed by atoms with van der Waals surface area (Å²) < 4.78 is 0.622. The number of fused-ring (bicyclic) bond motifs is 1. The molecule has 3 nitrogen and oxygen atoms in total. The first-order valence-electron chi connectivity index (χ1n) is 10.6. The van der Waals surface area contributed by atoms with Crippen LogP contribution < -0.4 is 4.78 Å². The van der Waals surface area contributed by atoms with Crippen molar-refractivity contribution in [2.24, 2.45) is 0 Å². The summed E-state index contributed by atoms with van der Waals surface area (Å²) in [4.78, 5) is 3.79. The minimum Gasteiger partial charge on any atom is -0.423 e. The molecule has 5 rings (SSSR count). The van der Waals surface area contributed by atoms with Crippen molar-refractivity contribution >= 4 is 23.2 Å². The van der Waals surface area contributed by atoms with E-state index in [1.165, 1.54) is 38.5 Å². The number of rotatable bonds is 5. The zero-order valence-electron chi connectivity index (χ0n) is 17.2. The van der Waals surface area contributed by atoms with Gasteiger partial charge >= 0.3 is 7.12 Å². The summed E-state index contributed by atoms with van der Waals surface area (Å²) in [6, 6.07) is 34.1. The monoisotopic (exact) mass is 425 g/mol. The van der Waals surface area contributed by atoms with Gasteiger partial charge in [0.1, 0.15) is 0 Å². The normalized spacial score (nSPS) is 14.3. The Morgan fingerprint density at radius 3 is 1.68 bits per heavy atom. The fourth-order valence-electron chi connectivity index (χ4n) is 4.86. The molecular weight excluding hydrogens is 401 g/mol.